The Hall–Kier alpha value is -2.86. The molecule has 2 aliphatic rings. The number of nitrogens with zero attached hydrogens (tertiary/aromatic N) is 1. The third-order valence-electron chi connectivity index (χ3n) is 5.65. The average molecular weight is 430 g/mol. The first kappa shape index (κ1) is 20.4. The summed E-state index contributed by atoms with van der Waals surface area (Å²) in [6.07, 6.45) is 1.74. The van der Waals surface area contributed by atoms with E-state index in [0.29, 0.717) is 47.7 Å². The number of carbonyl (C=O) groups is 2. The Bertz CT molecular complexity index is 1070. The Kier molecular flexibility index (Phi) is 5.52. The van der Waals surface area contributed by atoms with E-state index in [-0.39, 0.29) is 23.1 Å². The molecule has 0 bridgehead atoms. The van der Waals surface area contributed by atoms with Crippen molar-refractivity contribution in [2.45, 2.75) is 31.6 Å². The van der Waals surface area contributed by atoms with E-state index < -0.39 is 11.7 Å². The SMILES string of the molecule is COc1ccc(OC)c([C@@H]2CC(=O)N(c3ccc(F)c(Cl)c3)C3=C2C(=O)CCC3)c1. The van der Waals surface area contributed by atoms with E-state index in [1.165, 1.54) is 23.1 Å². The second kappa shape index (κ2) is 8.11. The van der Waals surface area contributed by atoms with Gasteiger partial charge in [-0.2, -0.15) is 0 Å². The smallest absolute Gasteiger partial charge is 0.232 e. The number of carbonyl (C=O) groups excluding carboxylic acids is 2. The molecule has 0 saturated heterocycles. The molecule has 1 aliphatic heterocycles. The van der Waals surface area contributed by atoms with Crippen molar-refractivity contribution in [1.82, 2.24) is 0 Å². The van der Waals surface area contributed by atoms with Crippen LogP contribution in [-0.2, 0) is 9.59 Å². The standard InChI is InChI=1S/C23H21ClFNO4/c1-29-14-7-9-21(30-2)15(11-14)16-12-22(28)26(13-6-8-18(25)17(24)10-13)19-4-3-5-20(27)23(16)19/h6-11,16H,3-5,12H2,1-2H3/t16-/m0/s1. The van der Waals surface area contributed by atoms with E-state index in [0.717, 1.165) is 5.56 Å². The topological polar surface area (TPSA) is 55.8 Å². The van der Waals surface area contributed by atoms with Crippen LogP contribution in [0.1, 0.15) is 37.2 Å². The van der Waals surface area contributed by atoms with Crippen molar-refractivity contribution < 1.29 is 23.5 Å². The maximum absolute atomic E-state index is 13.7. The molecule has 4 rings (SSSR count). The zero-order valence-corrected chi connectivity index (χ0v) is 17.5. The summed E-state index contributed by atoms with van der Waals surface area (Å²) in [5.74, 6) is 0.0571. The van der Waals surface area contributed by atoms with Crippen LogP contribution in [0.2, 0.25) is 5.02 Å². The van der Waals surface area contributed by atoms with Crippen molar-refractivity contribution in [3.05, 3.63) is 64.1 Å². The molecule has 0 N–H and O–H groups in total. The van der Waals surface area contributed by atoms with Crippen molar-refractivity contribution in [2.75, 3.05) is 19.1 Å². The molecule has 2 aromatic carbocycles. The fraction of sp³-hybridized carbons (Fsp3) is 0.304. The average Bonchev–Trinajstić information content (AvgIpc) is 2.75. The zero-order valence-electron chi connectivity index (χ0n) is 16.7. The summed E-state index contributed by atoms with van der Waals surface area (Å²) in [6, 6.07) is 9.52. The summed E-state index contributed by atoms with van der Waals surface area (Å²) in [4.78, 5) is 27.8. The van der Waals surface area contributed by atoms with Crippen LogP contribution in [0.25, 0.3) is 0 Å². The number of ether oxygens (including phenoxy) is 2. The highest BCUT2D eigenvalue weighted by Gasteiger charge is 2.40. The molecule has 1 amide bonds. The predicted molar refractivity (Wildman–Crippen MR) is 112 cm³/mol. The van der Waals surface area contributed by atoms with Crippen LogP contribution >= 0.6 is 11.6 Å². The Morgan fingerprint density at radius 3 is 2.57 bits per heavy atom. The van der Waals surface area contributed by atoms with Crippen molar-refractivity contribution in [3.8, 4) is 11.5 Å². The van der Waals surface area contributed by atoms with Gasteiger partial charge in [0.25, 0.3) is 0 Å². The van der Waals surface area contributed by atoms with Crippen LogP contribution in [0.4, 0.5) is 10.1 Å². The number of Topliss-reactive ketones (excluding diaryl/α,β-unsaturated/α-hetero) is 1. The lowest BCUT2D eigenvalue weighted by Crippen LogP contribution is -2.40. The number of ketones is 1. The van der Waals surface area contributed by atoms with E-state index in [1.54, 1.807) is 26.4 Å². The van der Waals surface area contributed by atoms with Crippen molar-refractivity contribution in [3.63, 3.8) is 0 Å². The van der Waals surface area contributed by atoms with E-state index in [1.807, 2.05) is 6.07 Å². The lowest BCUT2D eigenvalue weighted by atomic mass is 9.76. The van der Waals surface area contributed by atoms with Gasteiger partial charge in [0.1, 0.15) is 17.3 Å². The van der Waals surface area contributed by atoms with Gasteiger partial charge < -0.3 is 9.47 Å². The second-order valence-corrected chi connectivity index (χ2v) is 7.74. The maximum Gasteiger partial charge on any atom is 0.232 e. The Labute approximate surface area is 179 Å². The molecule has 7 heteroatoms. The van der Waals surface area contributed by atoms with Gasteiger partial charge in [0.2, 0.25) is 5.91 Å². The Morgan fingerprint density at radius 2 is 1.87 bits per heavy atom. The first-order valence-corrected chi connectivity index (χ1v) is 10.1. The van der Waals surface area contributed by atoms with Crippen molar-refractivity contribution >= 4 is 29.0 Å². The Balaban J connectivity index is 1.89. The number of methoxy groups -OCH3 is 2. The van der Waals surface area contributed by atoms with Gasteiger partial charge in [-0.25, -0.2) is 4.39 Å². The van der Waals surface area contributed by atoms with Crippen LogP contribution in [0.3, 0.4) is 0 Å². The lowest BCUT2D eigenvalue weighted by Gasteiger charge is -2.38. The van der Waals surface area contributed by atoms with Crippen LogP contribution in [0.5, 0.6) is 11.5 Å². The molecule has 1 aliphatic carbocycles. The highest BCUT2D eigenvalue weighted by molar-refractivity contribution is 6.31. The minimum Gasteiger partial charge on any atom is -0.497 e. The number of rotatable bonds is 4. The molecule has 1 heterocycles. The molecule has 156 valence electrons. The van der Waals surface area contributed by atoms with Gasteiger partial charge in [0.15, 0.2) is 5.78 Å². The number of allylic oxidation sites excluding steroid dienone is 2. The highest BCUT2D eigenvalue weighted by atomic mass is 35.5. The third-order valence-corrected chi connectivity index (χ3v) is 5.94. The van der Waals surface area contributed by atoms with Crippen LogP contribution < -0.4 is 14.4 Å². The predicted octanol–water partition coefficient (Wildman–Crippen LogP) is 5.02. The number of hydrogen-bond acceptors (Lipinski definition) is 4. The molecule has 2 aromatic rings. The molecule has 1 atom stereocenters. The van der Waals surface area contributed by atoms with E-state index in [2.05, 4.69) is 0 Å². The number of benzene rings is 2. The summed E-state index contributed by atoms with van der Waals surface area (Å²) >= 11 is 5.96. The summed E-state index contributed by atoms with van der Waals surface area (Å²) < 4.78 is 24.5. The first-order valence-electron chi connectivity index (χ1n) is 9.70. The van der Waals surface area contributed by atoms with E-state index in [4.69, 9.17) is 21.1 Å². The monoisotopic (exact) mass is 429 g/mol. The van der Waals surface area contributed by atoms with Crippen LogP contribution in [0, 0.1) is 5.82 Å². The molecule has 30 heavy (non-hydrogen) atoms. The summed E-state index contributed by atoms with van der Waals surface area (Å²) in [6.45, 7) is 0. The molecule has 0 spiro atoms. The molecular formula is C23H21ClFNO4. The molecule has 0 aromatic heterocycles. The number of hydrogen-bond donors (Lipinski definition) is 0. The van der Waals surface area contributed by atoms with Crippen molar-refractivity contribution in [1.29, 1.82) is 0 Å². The third kappa shape index (κ3) is 3.45. The number of anilines is 1. The fourth-order valence-electron chi connectivity index (χ4n) is 4.29. The first-order chi connectivity index (χ1) is 14.4. The van der Waals surface area contributed by atoms with E-state index >= 15 is 0 Å². The van der Waals surface area contributed by atoms with Gasteiger partial charge in [-0.15, -0.1) is 0 Å². The minimum atomic E-state index is -0.558. The number of amides is 1. The highest BCUT2D eigenvalue weighted by Crippen LogP contribution is 2.46. The van der Waals surface area contributed by atoms with Gasteiger partial charge in [-0.1, -0.05) is 11.6 Å². The number of halogens is 2. The van der Waals surface area contributed by atoms with Gasteiger partial charge in [-0.3, -0.25) is 14.5 Å². The Morgan fingerprint density at radius 1 is 1.07 bits per heavy atom. The molecule has 0 radical (unpaired) electrons. The fourth-order valence-corrected chi connectivity index (χ4v) is 4.47. The van der Waals surface area contributed by atoms with Crippen molar-refractivity contribution in [2.24, 2.45) is 0 Å². The summed E-state index contributed by atoms with van der Waals surface area (Å²) in [7, 11) is 3.12. The zero-order chi connectivity index (χ0) is 21.4. The molecule has 0 unspecified atom stereocenters. The van der Waals surface area contributed by atoms with Gasteiger partial charge in [0, 0.05) is 35.6 Å². The minimum absolute atomic E-state index is 0.0110. The molecule has 0 fully saturated rings. The molecule has 0 saturated carbocycles. The van der Waals surface area contributed by atoms with Gasteiger partial charge in [0.05, 0.1) is 24.9 Å². The maximum atomic E-state index is 13.7. The largest absolute Gasteiger partial charge is 0.497 e. The second-order valence-electron chi connectivity index (χ2n) is 7.33. The van der Waals surface area contributed by atoms with Crippen LogP contribution in [0.15, 0.2) is 47.7 Å². The molecular weight excluding hydrogens is 409 g/mol. The molecule has 5 nitrogen and oxygen atoms in total. The van der Waals surface area contributed by atoms with Gasteiger partial charge >= 0.3 is 0 Å². The van der Waals surface area contributed by atoms with Crippen LogP contribution in [-0.4, -0.2) is 25.9 Å². The summed E-state index contributed by atoms with van der Waals surface area (Å²) in [5.41, 5.74) is 2.46. The lowest BCUT2D eigenvalue weighted by molar-refractivity contribution is -0.119. The quantitative estimate of drug-likeness (QED) is 0.684. The normalized spacial score (nSPS) is 19.1. The summed E-state index contributed by atoms with van der Waals surface area (Å²) in [5, 5.41) is -0.0684. The van der Waals surface area contributed by atoms with E-state index in [9.17, 15) is 14.0 Å². The van der Waals surface area contributed by atoms with Gasteiger partial charge in [-0.05, 0) is 49.2 Å².